The Morgan fingerprint density at radius 3 is 2.76 bits per heavy atom. The number of nitrogens with two attached hydrogens (primary N) is 1. The summed E-state index contributed by atoms with van der Waals surface area (Å²) < 4.78 is 15.2. The highest BCUT2D eigenvalue weighted by molar-refractivity contribution is 7.16. The van der Waals surface area contributed by atoms with Gasteiger partial charge in [-0.1, -0.05) is 18.3 Å². The first kappa shape index (κ1) is 21.3. The summed E-state index contributed by atoms with van der Waals surface area (Å²) in [5.41, 5.74) is 10.0. The highest BCUT2D eigenvalue weighted by atomic mass is 32.1. The Morgan fingerprint density at radius 2 is 2.06 bits per heavy atom. The number of thiazole rings is 1. The van der Waals surface area contributed by atoms with Crippen molar-refractivity contribution in [2.75, 3.05) is 23.3 Å². The van der Waals surface area contributed by atoms with E-state index < -0.39 is 0 Å². The second-order valence-corrected chi connectivity index (χ2v) is 8.98. The van der Waals surface area contributed by atoms with E-state index in [-0.39, 0.29) is 11.9 Å². The fourth-order valence-corrected chi connectivity index (χ4v) is 4.85. The van der Waals surface area contributed by atoms with Crippen molar-refractivity contribution in [3.8, 4) is 17.3 Å². The highest BCUT2D eigenvalue weighted by Gasteiger charge is 2.22. The van der Waals surface area contributed by atoms with Crippen LogP contribution in [-0.4, -0.2) is 38.7 Å². The zero-order valence-corrected chi connectivity index (χ0v) is 18.9. The largest absolute Gasteiger partial charge is 0.356 e. The van der Waals surface area contributed by atoms with Crippen LogP contribution >= 0.6 is 11.3 Å². The number of anilines is 2. The Kier molecular flexibility index (Phi) is 5.66. The Labute approximate surface area is 194 Å². The zero-order valence-electron chi connectivity index (χ0n) is 18.1. The van der Waals surface area contributed by atoms with E-state index in [1.807, 2.05) is 16.6 Å². The molecule has 1 aromatic carbocycles. The molecule has 5 rings (SSSR count). The number of imidazole rings is 1. The van der Waals surface area contributed by atoms with Crippen LogP contribution in [0.5, 0.6) is 0 Å². The van der Waals surface area contributed by atoms with Gasteiger partial charge in [0.1, 0.15) is 28.3 Å². The van der Waals surface area contributed by atoms with Gasteiger partial charge < -0.3 is 16.0 Å². The van der Waals surface area contributed by atoms with Crippen molar-refractivity contribution in [1.82, 2.24) is 19.6 Å². The summed E-state index contributed by atoms with van der Waals surface area (Å²) in [5, 5.41) is 18.4. The van der Waals surface area contributed by atoms with Crippen molar-refractivity contribution in [2.45, 2.75) is 32.4 Å². The van der Waals surface area contributed by atoms with Gasteiger partial charge in [-0.15, -0.1) is 5.10 Å². The van der Waals surface area contributed by atoms with Crippen molar-refractivity contribution in [2.24, 2.45) is 5.73 Å². The molecule has 0 radical (unpaired) electrons. The average molecular weight is 463 g/mol. The van der Waals surface area contributed by atoms with Crippen LogP contribution in [0.15, 0.2) is 36.4 Å². The first-order chi connectivity index (χ1) is 16.1. The van der Waals surface area contributed by atoms with E-state index in [0.717, 1.165) is 48.8 Å². The number of aryl methyl sites for hydroxylation is 1. The molecule has 0 aliphatic carbocycles. The molecular formula is C23H23FN8S. The van der Waals surface area contributed by atoms with Crippen LogP contribution in [0.4, 0.5) is 15.3 Å². The molecule has 0 amide bonds. The van der Waals surface area contributed by atoms with Gasteiger partial charge in [-0.3, -0.25) is 0 Å². The van der Waals surface area contributed by atoms with Crippen molar-refractivity contribution >= 4 is 27.9 Å². The molecule has 10 heteroatoms. The quantitative estimate of drug-likeness (QED) is 0.451. The number of fused-ring (bicyclic) bond motifs is 1. The fraction of sp³-hybridized carbons (Fsp3) is 0.304. The molecule has 1 atom stereocenters. The van der Waals surface area contributed by atoms with E-state index in [9.17, 15) is 9.65 Å². The third kappa shape index (κ3) is 4.13. The maximum atomic E-state index is 13.3. The Morgan fingerprint density at radius 1 is 1.24 bits per heavy atom. The molecule has 4 heterocycles. The molecule has 1 fully saturated rings. The third-order valence-electron chi connectivity index (χ3n) is 5.78. The van der Waals surface area contributed by atoms with E-state index in [1.54, 1.807) is 12.1 Å². The van der Waals surface area contributed by atoms with Crippen LogP contribution in [0.3, 0.4) is 0 Å². The van der Waals surface area contributed by atoms with Crippen LogP contribution in [-0.2, 0) is 13.0 Å². The number of rotatable bonds is 6. The van der Waals surface area contributed by atoms with E-state index in [0.29, 0.717) is 27.8 Å². The Hall–Kier alpha value is -3.55. The summed E-state index contributed by atoms with van der Waals surface area (Å²) in [5.74, 6) is 0.560. The third-order valence-corrected chi connectivity index (χ3v) is 6.69. The monoisotopic (exact) mass is 462 g/mol. The van der Waals surface area contributed by atoms with Crippen LogP contribution < -0.4 is 16.0 Å². The van der Waals surface area contributed by atoms with Gasteiger partial charge in [-0.25, -0.2) is 18.9 Å². The average Bonchev–Trinajstić information content (AvgIpc) is 3.54. The van der Waals surface area contributed by atoms with Gasteiger partial charge in [0.15, 0.2) is 10.8 Å². The summed E-state index contributed by atoms with van der Waals surface area (Å²) in [6, 6.07) is 12.3. The Bertz CT molecular complexity index is 1340. The Balaban J connectivity index is 1.43. The van der Waals surface area contributed by atoms with Gasteiger partial charge in [-0.05, 0) is 49.2 Å². The van der Waals surface area contributed by atoms with Crippen LogP contribution in [0.2, 0.25) is 0 Å². The lowest BCUT2D eigenvalue weighted by Crippen LogP contribution is -2.27. The molecule has 1 aliphatic rings. The van der Waals surface area contributed by atoms with Crippen molar-refractivity contribution < 1.29 is 4.39 Å². The van der Waals surface area contributed by atoms with Gasteiger partial charge in [0.25, 0.3) is 0 Å². The summed E-state index contributed by atoms with van der Waals surface area (Å²) >= 11 is 1.27. The van der Waals surface area contributed by atoms with Crippen molar-refractivity contribution in [3.63, 3.8) is 0 Å². The van der Waals surface area contributed by atoms with Gasteiger partial charge in [0.05, 0.1) is 17.9 Å². The summed E-state index contributed by atoms with van der Waals surface area (Å²) in [4.78, 5) is 12.0. The highest BCUT2D eigenvalue weighted by Crippen LogP contribution is 2.31. The second kappa shape index (κ2) is 8.77. The predicted octanol–water partition coefficient (Wildman–Crippen LogP) is 3.58. The molecule has 8 nitrogen and oxygen atoms in total. The summed E-state index contributed by atoms with van der Waals surface area (Å²) in [6.07, 6.45) is 1.73. The predicted molar refractivity (Wildman–Crippen MR) is 127 cm³/mol. The lowest BCUT2D eigenvalue weighted by molar-refractivity contribution is 0.628. The molecule has 1 saturated heterocycles. The lowest BCUT2D eigenvalue weighted by atomic mass is 10.1. The van der Waals surface area contributed by atoms with Gasteiger partial charge >= 0.3 is 0 Å². The van der Waals surface area contributed by atoms with Crippen LogP contribution in [0.1, 0.15) is 29.6 Å². The summed E-state index contributed by atoms with van der Waals surface area (Å²) in [7, 11) is 0. The first-order valence-corrected chi connectivity index (χ1v) is 11.7. The standard InChI is InChI=1S/C23H23FN8S/c1-2-17-18(32-20(28-17)7-8-21(30-32)31-10-9-16(26)13-31)12-27-23-29-22(19(11-25)33-23)14-3-5-15(24)6-4-14/h3-8,16H,2,9-10,12-13,26H2,1H3,(H,27,29)/t16-/m1/s1. The topological polar surface area (TPSA) is 108 Å². The molecule has 0 saturated carbocycles. The minimum Gasteiger partial charge on any atom is -0.356 e. The molecule has 0 bridgehead atoms. The lowest BCUT2D eigenvalue weighted by Gasteiger charge is -2.16. The summed E-state index contributed by atoms with van der Waals surface area (Å²) in [6.45, 7) is 4.21. The molecular weight excluding hydrogens is 439 g/mol. The fourth-order valence-electron chi connectivity index (χ4n) is 4.07. The normalized spacial score (nSPS) is 15.8. The number of aromatic nitrogens is 4. The van der Waals surface area contributed by atoms with E-state index in [1.165, 1.54) is 23.5 Å². The number of hydrogen-bond donors (Lipinski definition) is 2. The minimum absolute atomic E-state index is 0.173. The van der Waals surface area contributed by atoms with E-state index >= 15 is 0 Å². The van der Waals surface area contributed by atoms with Gasteiger partial charge in [0, 0.05) is 24.7 Å². The van der Waals surface area contributed by atoms with Crippen molar-refractivity contribution in [1.29, 1.82) is 5.26 Å². The SMILES string of the molecule is CCc1nc2ccc(N3CC[C@@H](N)C3)nn2c1CNc1nc(-c2ccc(F)cc2)c(C#N)s1. The number of nitrogens with zero attached hydrogens (tertiary/aromatic N) is 6. The molecule has 33 heavy (non-hydrogen) atoms. The molecule has 4 aromatic rings. The zero-order chi connectivity index (χ0) is 22.9. The number of halogens is 1. The van der Waals surface area contributed by atoms with Crippen LogP contribution in [0, 0.1) is 17.1 Å². The first-order valence-electron chi connectivity index (χ1n) is 10.8. The molecule has 3 aromatic heterocycles. The number of hydrogen-bond acceptors (Lipinski definition) is 8. The smallest absolute Gasteiger partial charge is 0.184 e. The molecule has 168 valence electrons. The maximum Gasteiger partial charge on any atom is 0.184 e. The number of benzene rings is 1. The van der Waals surface area contributed by atoms with E-state index in [4.69, 9.17) is 15.8 Å². The second-order valence-electron chi connectivity index (χ2n) is 7.98. The molecule has 1 aliphatic heterocycles. The van der Waals surface area contributed by atoms with E-state index in [2.05, 4.69) is 28.2 Å². The van der Waals surface area contributed by atoms with Crippen molar-refractivity contribution in [3.05, 3.63) is 58.5 Å². The molecule has 0 unspecified atom stereocenters. The van der Waals surface area contributed by atoms with Gasteiger partial charge in [-0.2, -0.15) is 5.26 Å². The maximum absolute atomic E-state index is 13.3. The number of nitriles is 1. The van der Waals surface area contributed by atoms with Gasteiger partial charge in [0.2, 0.25) is 0 Å². The molecule has 3 N–H and O–H groups in total. The number of nitrogens with one attached hydrogen (secondary N) is 1. The molecule has 0 spiro atoms. The van der Waals surface area contributed by atoms with Crippen LogP contribution in [0.25, 0.3) is 16.9 Å². The minimum atomic E-state index is -0.326.